The highest BCUT2D eigenvalue weighted by atomic mass is 32.2. The Kier molecular flexibility index (Phi) is 5.26. The van der Waals surface area contributed by atoms with E-state index in [1.807, 2.05) is 37.3 Å². The monoisotopic (exact) mass is 421 g/mol. The third kappa shape index (κ3) is 3.78. The fourth-order valence-corrected chi connectivity index (χ4v) is 3.99. The van der Waals surface area contributed by atoms with Gasteiger partial charge in [0.05, 0.1) is 11.2 Å². The van der Waals surface area contributed by atoms with Crippen molar-refractivity contribution in [3.8, 4) is 11.3 Å². The highest BCUT2D eigenvalue weighted by molar-refractivity contribution is 7.85. The molecule has 4 aromatic rings. The van der Waals surface area contributed by atoms with Gasteiger partial charge in [0.15, 0.2) is 5.82 Å². The van der Waals surface area contributed by atoms with Crippen molar-refractivity contribution < 1.29 is 4.21 Å². The van der Waals surface area contributed by atoms with Crippen LogP contribution >= 0.6 is 0 Å². The van der Waals surface area contributed by atoms with Crippen LogP contribution in [0.2, 0.25) is 0 Å². The average Bonchev–Trinajstić information content (AvgIpc) is 3.02. The number of benzene rings is 1. The summed E-state index contributed by atoms with van der Waals surface area (Å²) in [6, 6.07) is 14.0. The number of hydrogen-bond acceptors (Lipinski definition) is 4. The van der Waals surface area contributed by atoms with Gasteiger partial charge in [-0.3, -0.25) is 9.52 Å². The minimum atomic E-state index is -1.30. The molecule has 30 heavy (non-hydrogen) atoms. The molecule has 1 aromatic carbocycles. The zero-order valence-electron chi connectivity index (χ0n) is 17.3. The summed E-state index contributed by atoms with van der Waals surface area (Å²) in [5, 5.41) is 0. The van der Waals surface area contributed by atoms with E-state index in [9.17, 15) is 9.00 Å². The van der Waals surface area contributed by atoms with Crippen molar-refractivity contribution in [1.82, 2.24) is 19.1 Å². The number of pyridine rings is 2. The van der Waals surface area contributed by atoms with Crippen molar-refractivity contribution in [2.24, 2.45) is 7.05 Å². The minimum absolute atomic E-state index is 0.0437. The Hall–Kier alpha value is -3.26. The molecule has 0 radical (unpaired) electrons. The first-order valence-electron chi connectivity index (χ1n) is 9.53. The van der Waals surface area contributed by atoms with Gasteiger partial charge in [-0.25, -0.2) is 14.2 Å². The van der Waals surface area contributed by atoms with E-state index in [0.29, 0.717) is 29.1 Å². The number of anilines is 1. The fraction of sp³-hybridized carbons (Fsp3) is 0.227. The van der Waals surface area contributed by atoms with Crippen molar-refractivity contribution in [1.29, 1.82) is 0 Å². The lowest BCUT2D eigenvalue weighted by Gasteiger charge is -2.11. The van der Waals surface area contributed by atoms with Gasteiger partial charge in [0.2, 0.25) is 0 Å². The van der Waals surface area contributed by atoms with E-state index in [4.69, 9.17) is 4.98 Å². The lowest BCUT2D eigenvalue weighted by Crippen LogP contribution is -2.18. The van der Waals surface area contributed by atoms with Crippen molar-refractivity contribution in [3.05, 3.63) is 76.0 Å². The van der Waals surface area contributed by atoms with Gasteiger partial charge in [0, 0.05) is 37.2 Å². The van der Waals surface area contributed by atoms with Crippen LogP contribution in [-0.2, 0) is 24.6 Å². The molecule has 7 nitrogen and oxygen atoms in total. The second-order valence-corrected chi connectivity index (χ2v) is 8.45. The topological polar surface area (TPSA) is 81.8 Å². The molecule has 154 valence electrons. The molecule has 0 aliphatic heterocycles. The van der Waals surface area contributed by atoms with Crippen LogP contribution in [0.25, 0.3) is 22.3 Å². The summed E-state index contributed by atoms with van der Waals surface area (Å²) in [6.45, 7) is 4.40. The molecule has 0 aliphatic rings. The molecule has 0 amide bonds. The standard InChI is InChI=1S/C22H23N5O2S/c1-14-10-17(13-26(3)22(14)28)18-11-19-20(21(24-18)25-30(4)29)23-15(2)27(19)12-16-8-6-5-7-9-16/h5-11,13H,12H2,1-4H3,(H,24,25). The third-order valence-electron chi connectivity index (χ3n) is 5.01. The van der Waals surface area contributed by atoms with E-state index in [-0.39, 0.29) is 5.56 Å². The maximum atomic E-state index is 12.1. The van der Waals surface area contributed by atoms with Crippen LogP contribution in [0.3, 0.4) is 0 Å². The smallest absolute Gasteiger partial charge is 0.253 e. The number of aryl methyl sites for hydroxylation is 3. The highest BCUT2D eigenvalue weighted by Crippen LogP contribution is 2.29. The minimum Gasteiger partial charge on any atom is -0.324 e. The second-order valence-electron chi connectivity index (χ2n) is 7.34. The van der Waals surface area contributed by atoms with Gasteiger partial charge in [-0.2, -0.15) is 0 Å². The Labute approximate surface area is 177 Å². The zero-order valence-corrected chi connectivity index (χ0v) is 18.2. The number of imidazole rings is 1. The summed E-state index contributed by atoms with van der Waals surface area (Å²) in [7, 11) is 0.422. The maximum Gasteiger partial charge on any atom is 0.253 e. The van der Waals surface area contributed by atoms with Crippen molar-refractivity contribution in [2.45, 2.75) is 20.4 Å². The molecule has 8 heteroatoms. The molecule has 0 fully saturated rings. The van der Waals surface area contributed by atoms with Crippen LogP contribution in [0.4, 0.5) is 5.82 Å². The number of nitrogens with zero attached hydrogens (tertiary/aromatic N) is 4. The van der Waals surface area contributed by atoms with Crippen LogP contribution in [0.1, 0.15) is 17.0 Å². The molecule has 0 saturated heterocycles. The quantitative estimate of drug-likeness (QED) is 0.537. The number of nitrogens with one attached hydrogen (secondary N) is 1. The molecular weight excluding hydrogens is 398 g/mol. The van der Waals surface area contributed by atoms with Gasteiger partial charge in [-0.15, -0.1) is 0 Å². The highest BCUT2D eigenvalue weighted by Gasteiger charge is 2.17. The Bertz CT molecular complexity index is 1300. The normalized spacial score (nSPS) is 12.3. The summed E-state index contributed by atoms with van der Waals surface area (Å²) in [5.41, 5.74) is 4.81. The molecule has 3 heterocycles. The molecule has 1 N–H and O–H groups in total. The number of rotatable bonds is 5. The van der Waals surface area contributed by atoms with Crippen molar-refractivity contribution in [2.75, 3.05) is 11.0 Å². The molecule has 0 spiro atoms. The molecule has 3 aromatic heterocycles. The van der Waals surface area contributed by atoms with Gasteiger partial charge in [-0.1, -0.05) is 30.3 Å². The lowest BCUT2D eigenvalue weighted by molar-refractivity contribution is 0.689. The number of aromatic nitrogens is 4. The molecule has 1 unspecified atom stereocenters. The molecule has 0 saturated carbocycles. The van der Waals surface area contributed by atoms with Gasteiger partial charge in [0.1, 0.15) is 22.3 Å². The number of fused-ring (bicyclic) bond motifs is 1. The predicted octanol–water partition coefficient (Wildman–Crippen LogP) is 3.17. The van der Waals surface area contributed by atoms with Crippen molar-refractivity contribution in [3.63, 3.8) is 0 Å². The Balaban J connectivity index is 1.95. The van der Waals surface area contributed by atoms with Gasteiger partial charge < -0.3 is 9.13 Å². The molecular formula is C22H23N5O2S. The van der Waals surface area contributed by atoms with Crippen LogP contribution < -0.4 is 10.3 Å². The zero-order chi connectivity index (χ0) is 21.4. The van der Waals surface area contributed by atoms with E-state index in [2.05, 4.69) is 26.4 Å². The van der Waals surface area contributed by atoms with E-state index in [0.717, 1.165) is 22.5 Å². The van der Waals surface area contributed by atoms with Crippen LogP contribution in [0.15, 0.2) is 53.5 Å². The molecule has 4 rings (SSSR count). The van der Waals surface area contributed by atoms with E-state index >= 15 is 0 Å². The lowest BCUT2D eigenvalue weighted by atomic mass is 10.1. The second kappa shape index (κ2) is 7.87. The predicted molar refractivity (Wildman–Crippen MR) is 121 cm³/mol. The van der Waals surface area contributed by atoms with Crippen molar-refractivity contribution >= 4 is 27.8 Å². The average molecular weight is 422 g/mol. The summed E-state index contributed by atoms with van der Waals surface area (Å²) < 4.78 is 18.5. The molecule has 0 aliphatic carbocycles. The summed E-state index contributed by atoms with van der Waals surface area (Å²) in [4.78, 5) is 21.5. The SMILES string of the molecule is Cc1cc(-c2cc3c(nc(C)n3Cc3ccccc3)c(NS(C)=O)n2)cn(C)c1=O. The first-order chi connectivity index (χ1) is 14.3. The Morgan fingerprint density at radius 2 is 1.83 bits per heavy atom. The summed E-state index contributed by atoms with van der Waals surface area (Å²) >= 11 is 0. The van der Waals surface area contributed by atoms with Gasteiger partial charge >= 0.3 is 0 Å². The fourth-order valence-electron chi connectivity index (χ4n) is 3.58. The Morgan fingerprint density at radius 1 is 1.10 bits per heavy atom. The van der Waals surface area contributed by atoms with E-state index in [1.54, 1.807) is 31.0 Å². The van der Waals surface area contributed by atoms with Crippen LogP contribution in [-0.4, -0.2) is 29.6 Å². The van der Waals surface area contributed by atoms with E-state index in [1.165, 1.54) is 0 Å². The Morgan fingerprint density at radius 3 is 2.50 bits per heavy atom. The van der Waals surface area contributed by atoms with E-state index < -0.39 is 11.0 Å². The first-order valence-corrected chi connectivity index (χ1v) is 11.1. The maximum absolute atomic E-state index is 12.1. The third-order valence-corrected chi connectivity index (χ3v) is 5.49. The molecule has 1 atom stereocenters. The summed E-state index contributed by atoms with van der Waals surface area (Å²) in [6.07, 6.45) is 3.32. The van der Waals surface area contributed by atoms with Crippen LogP contribution in [0.5, 0.6) is 0 Å². The van der Waals surface area contributed by atoms with Crippen LogP contribution in [0, 0.1) is 13.8 Å². The number of hydrogen-bond donors (Lipinski definition) is 1. The molecule has 0 bridgehead atoms. The largest absolute Gasteiger partial charge is 0.324 e. The van der Waals surface area contributed by atoms with Gasteiger partial charge in [-0.05, 0) is 31.5 Å². The van der Waals surface area contributed by atoms with Gasteiger partial charge in [0.25, 0.3) is 5.56 Å². The summed E-state index contributed by atoms with van der Waals surface area (Å²) in [5.74, 6) is 1.30. The first kappa shape index (κ1) is 20.0.